The van der Waals surface area contributed by atoms with Gasteiger partial charge >= 0.3 is 0 Å². The molecule has 7 heteroatoms. The van der Waals surface area contributed by atoms with Crippen LogP contribution < -0.4 is 4.72 Å². The van der Waals surface area contributed by atoms with Crippen molar-refractivity contribution in [3.63, 3.8) is 0 Å². The van der Waals surface area contributed by atoms with E-state index in [2.05, 4.69) is 10.8 Å². The maximum atomic E-state index is 12.9. The molecule has 1 N–H and O–H groups in total. The third kappa shape index (κ3) is 4.31. The highest BCUT2D eigenvalue weighted by Gasteiger charge is 2.27. The predicted octanol–water partition coefficient (Wildman–Crippen LogP) is 5.54. The summed E-state index contributed by atoms with van der Waals surface area (Å²) < 4.78 is 30.2. The molecule has 0 aliphatic heterocycles. The lowest BCUT2D eigenvalue weighted by Crippen LogP contribution is -2.24. The topological polar surface area (TPSA) is 74.9 Å². The molecule has 0 saturated heterocycles. The SMILES string of the molecule is Cc1ccc(S(=O)(=O)Nc2cc(-c3ccc(Cl)cc3)n(C(C)(C)C)c2C#N)cc1. The fourth-order valence-electron chi connectivity index (χ4n) is 3.15. The van der Waals surface area contributed by atoms with Gasteiger partial charge in [0.05, 0.1) is 16.3 Å². The summed E-state index contributed by atoms with van der Waals surface area (Å²) in [5.41, 5.74) is 2.57. The van der Waals surface area contributed by atoms with Crippen LogP contribution in [0.3, 0.4) is 0 Å². The van der Waals surface area contributed by atoms with Crippen LogP contribution in [0.5, 0.6) is 0 Å². The Hall–Kier alpha value is -2.75. The molecular weight excluding hydrogens is 406 g/mol. The highest BCUT2D eigenvalue weighted by atomic mass is 35.5. The Balaban J connectivity index is 2.16. The monoisotopic (exact) mass is 427 g/mol. The average molecular weight is 428 g/mol. The van der Waals surface area contributed by atoms with Crippen LogP contribution in [0.1, 0.15) is 32.0 Å². The van der Waals surface area contributed by atoms with E-state index < -0.39 is 15.6 Å². The van der Waals surface area contributed by atoms with Crippen molar-refractivity contribution in [1.29, 1.82) is 5.26 Å². The van der Waals surface area contributed by atoms with Crippen LogP contribution >= 0.6 is 11.6 Å². The molecule has 0 aliphatic rings. The first-order chi connectivity index (χ1) is 13.5. The molecule has 0 spiro atoms. The van der Waals surface area contributed by atoms with E-state index in [9.17, 15) is 13.7 Å². The lowest BCUT2D eigenvalue weighted by Gasteiger charge is -2.26. The average Bonchev–Trinajstić information content (AvgIpc) is 3.00. The van der Waals surface area contributed by atoms with Crippen LogP contribution in [0.15, 0.2) is 59.5 Å². The minimum Gasteiger partial charge on any atom is -0.325 e. The van der Waals surface area contributed by atoms with Gasteiger partial charge in [0, 0.05) is 10.6 Å². The van der Waals surface area contributed by atoms with Crippen LogP contribution in [0.2, 0.25) is 5.02 Å². The fraction of sp³-hybridized carbons (Fsp3) is 0.227. The van der Waals surface area contributed by atoms with Gasteiger partial charge in [0.2, 0.25) is 0 Å². The van der Waals surface area contributed by atoms with Gasteiger partial charge in [0.25, 0.3) is 10.0 Å². The van der Waals surface area contributed by atoms with Crippen LogP contribution in [0, 0.1) is 18.3 Å². The number of rotatable bonds is 4. The highest BCUT2D eigenvalue weighted by molar-refractivity contribution is 7.92. The number of nitriles is 1. The van der Waals surface area contributed by atoms with Crippen molar-refractivity contribution in [2.45, 2.75) is 38.1 Å². The minimum atomic E-state index is -3.84. The van der Waals surface area contributed by atoms with Crippen molar-refractivity contribution in [2.24, 2.45) is 0 Å². The number of nitrogens with one attached hydrogen (secondary N) is 1. The van der Waals surface area contributed by atoms with Gasteiger partial charge in [0.15, 0.2) is 0 Å². The molecule has 150 valence electrons. The third-order valence-corrected chi connectivity index (χ3v) is 6.13. The van der Waals surface area contributed by atoms with Gasteiger partial charge in [-0.3, -0.25) is 4.72 Å². The molecule has 3 rings (SSSR count). The number of benzene rings is 2. The van der Waals surface area contributed by atoms with Crippen molar-refractivity contribution in [3.8, 4) is 17.3 Å². The van der Waals surface area contributed by atoms with Gasteiger partial charge in [-0.05, 0) is 63.6 Å². The van der Waals surface area contributed by atoms with Gasteiger partial charge in [-0.25, -0.2) is 8.42 Å². The van der Waals surface area contributed by atoms with E-state index in [0.717, 1.165) is 16.8 Å². The molecule has 5 nitrogen and oxygen atoms in total. The molecular formula is C22H22ClN3O2S. The Morgan fingerprint density at radius 2 is 1.62 bits per heavy atom. The number of halogens is 1. The van der Waals surface area contributed by atoms with Crippen molar-refractivity contribution in [2.75, 3.05) is 4.72 Å². The molecule has 0 radical (unpaired) electrons. The normalized spacial score (nSPS) is 11.9. The molecule has 0 bridgehead atoms. The molecule has 1 aromatic heterocycles. The summed E-state index contributed by atoms with van der Waals surface area (Å²) in [4.78, 5) is 0.142. The molecule has 0 unspecified atom stereocenters. The Morgan fingerprint density at radius 1 is 1.03 bits per heavy atom. The molecule has 0 fully saturated rings. The second kappa shape index (κ2) is 7.58. The van der Waals surface area contributed by atoms with Gasteiger partial charge in [-0.1, -0.05) is 41.4 Å². The van der Waals surface area contributed by atoms with Crippen LogP contribution in [-0.2, 0) is 15.6 Å². The van der Waals surface area contributed by atoms with Crippen LogP contribution in [0.25, 0.3) is 11.3 Å². The number of sulfonamides is 1. The van der Waals surface area contributed by atoms with E-state index in [1.165, 1.54) is 0 Å². The maximum absolute atomic E-state index is 12.9. The Kier molecular flexibility index (Phi) is 5.48. The van der Waals surface area contributed by atoms with Crippen molar-refractivity contribution < 1.29 is 8.42 Å². The first-order valence-electron chi connectivity index (χ1n) is 9.05. The molecule has 0 aliphatic carbocycles. The highest BCUT2D eigenvalue weighted by Crippen LogP contribution is 2.36. The van der Waals surface area contributed by atoms with E-state index in [0.29, 0.717) is 5.02 Å². The lowest BCUT2D eigenvalue weighted by molar-refractivity contribution is 0.400. The van der Waals surface area contributed by atoms with Gasteiger partial charge in [-0.2, -0.15) is 5.26 Å². The summed E-state index contributed by atoms with van der Waals surface area (Å²) >= 11 is 6.01. The largest absolute Gasteiger partial charge is 0.325 e. The summed E-state index contributed by atoms with van der Waals surface area (Å²) in [7, 11) is -3.84. The second-order valence-corrected chi connectivity index (χ2v) is 9.95. The van der Waals surface area contributed by atoms with Gasteiger partial charge < -0.3 is 4.57 Å². The number of anilines is 1. The molecule has 3 aromatic rings. The van der Waals surface area contributed by atoms with E-state index in [1.54, 1.807) is 42.5 Å². The zero-order valence-electron chi connectivity index (χ0n) is 16.7. The number of nitrogens with zero attached hydrogens (tertiary/aromatic N) is 2. The predicted molar refractivity (Wildman–Crippen MR) is 117 cm³/mol. The second-order valence-electron chi connectivity index (χ2n) is 7.84. The summed E-state index contributed by atoms with van der Waals surface area (Å²) in [6.07, 6.45) is 0. The summed E-state index contributed by atoms with van der Waals surface area (Å²) in [6.45, 7) is 7.78. The maximum Gasteiger partial charge on any atom is 0.261 e. The summed E-state index contributed by atoms with van der Waals surface area (Å²) in [5.74, 6) is 0. The minimum absolute atomic E-state index is 0.142. The fourth-order valence-corrected chi connectivity index (χ4v) is 4.33. The molecule has 29 heavy (non-hydrogen) atoms. The summed E-state index contributed by atoms with van der Waals surface area (Å²) in [5, 5.41) is 10.4. The van der Waals surface area contributed by atoms with Crippen molar-refractivity contribution in [3.05, 3.63) is 70.9 Å². The third-order valence-electron chi connectivity index (χ3n) is 4.49. The molecule has 2 aromatic carbocycles. The summed E-state index contributed by atoms with van der Waals surface area (Å²) in [6, 6.07) is 17.6. The van der Waals surface area contributed by atoms with Crippen LogP contribution in [-0.4, -0.2) is 13.0 Å². The Labute approximate surface area is 176 Å². The number of aromatic nitrogens is 1. The first-order valence-corrected chi connectivity index (χ1v) is 10.9. The van der Waals surface area contributed by atoms with Crippen LogP contribution in [0.4, 0.5) is 5.69 Å². The zero-order chi connectivity index (χ0) is 21.4. The molecule has 0 atom stereocenters. The lowest BCUT2D eigenvalue weighted by atomic mass is 10.1. The number of hydrogen-bond acceptors (Lipinski definition) is 3. The Bertz CT molecular complexity index is 1180. The quantitative estimate of drug-likeness (QED) is 0.593. The first kappa shape index (κ1) is 21.0. The van der Waals surface area contributed by atoms with E-state index in [4.69, 9.17) is 11.6 Å². The molecule has 0 saturated carbocycles. The smallest absolute Gasteiger partial charge is 0.261 e. The zero-order valence-corrected chi connectivity index (χ0v) is 18.3. The molecule has 0 amide bonds. The van der Waals surface area contributed by atoms with Crippen molar-refractivity contribution >= 4 is 27.3 Å². The standard InChI is InChI=1S/C22H22ClN3O2S/c1-15-5-11-18(12-6-15)29(27,28)25-19-13-20(16-7-9-17(23)10-8-16)26(21(19)14-24)22(2,3)4/h5-13,25H,1-4H3. The van der Waals surface area contributed by atoms with E-state index in [1.807, 2.05) is 44.4 Å². The number of hydrogen-bond donors (Lipinski definition) is 1. The number of aryl methyl sites for hydroxylation is 1. The van der Waals surface area contributed by atoms with E-state index in [-0.39, 0.29) is 16.3 Å². The van der Waals surface area contributed by atoms with Gasteiger partial charge in [0.1, 0.15) is 11.8 Å². The Morgan fingerprint density at radius 3 is 2.14 bits per heavy atom. The molecule has 1 heterocycles. The van der Waals surface area contributed by atoms with E-state index >= 15 is 0 Å². The van der Waals surface area contributed by atoms with Crippen molar-refractivity contribution in [1.82, 2.24) is 4.57 Å². The van der Waals surface area contributed by atoms with Gasteiger partial charge in [-0.15, -0.1) is 0 Å².